The maximum absolute atomic E-state index is 11.5. The van der Waals surface area contributed by atoms with E-state index in [9.17, 15) is 9.59 Å². The first kappa shape index (κ1) is 14.8. The number of imidazole rings is 1. The van der Waals surface area contributed by atoms with Crippen molar-refractivity contribution in [2.75, 3.05) is 7.11 Å². The van der Waals surface area contributed by atoms with E-state index in [4.69, 9.17) is 9.84 Å². The second-order valence-electron chi connectivity index (χ2n) is 4.61. The number of aryl methyl sites for hydroxylation is 1. The van der Waals surface area contributed by atoms with E-state index in [-0.39, 0.29) is 25.3 Å². The minimum atomic E-state index is -0.986. The smallest absolute Gasteiger partial charge is 0.303 e. The minimum absolute atomic E-state index is 0.0346. The van der Waals surface area contributed by atoms with Gasteiger partial charge in [-0.2, -0.15) is 0 Å². The number of aliphatic carboxylic acids is 1. The van der Waals surface area contributed by atoms with Gasteiger partial charge in [0.2, 0.25) is 5.91 Å². The normalized spacial score (nSPS) is 10.6. The number of carbonyl (C=O) groups is 2. The number of benzene rings is 1. The third-order valence-electron chi connectivity index (χ3n) is 3.19. The number of amides is 1. The van der Waals surface area contributed by atoms with Gasteiger partial charge in [0.05, 0.1) is 31.1 Å². The van der Waals surface area contributed by atoms with Crippen LogP contribution < -0.4 is 10.1 Å². The number of rotatable bonds is 6. The molecule has 2 rings (SSSR count). The molecular formula is C14H17N3O4. The first-order valence-corrected chi connectivity index (χ1v) is 6.49. The Morgan fingerprint density at radius 1 is 1.38 bits per heavy atom. The summed E-state index contributed by atoms with van der Waals surface area (Å²) in [6.07, 6.45) is -0.210. The number of hydrogen-bond donors (Lipinski definition) is 2. The van der Waals surface area contributed by atoms with E-state index in [1.807, 2.05) is 29.8 Å². The van der Waals surface area contributed by atoms with Crippen LogP contribution in [0.5, 0.6) is 5.75 Å². The number of aromatic nitrogens is 2. The zero-order valence-corrected chi connectivity index (χ0v) is 11.9. The van der Waals surface area contributed by atoms with Crippen LogP contribution in [0.1, 0.15) is 18.7 Å². The summed E-state index contributed by atoms with van der Waals surface area (Å²) in [5.74, 6) is 0.126. The van der Waals surface area contributed by atoms with Gasteiger partial charge in [0.1, 0.15) is 11.6 Å². The maximum atomic E-state index is 11.5. The van der Waals surface area contributed by atoms with Gasteiger partial charge in [-0.05, 0) is 12.1 Å². The number of carbonyl (C=O) groups excluding carboxylic acids is 1. The summed E-state index contributed by atoms with van der Waals surface area (Å²) in [5.41, 5.74) is 1.72. The summed E-state index contributed by atoms with van der Waals surface area (Å²) in [6, 6.07) is 5.57. The van der Waals surface area contributed by atoms with Crippen LogP contribution in [0.2, 0.25) is 0 Å². The molecule has 0 aliphatic carbocycles. The third kappa shape index (κ3) is 3.50. The van der Waals surface area contributed by atoms with Crippen molar-refractivity contribution in [2.24, 2.45) is 7.05 Å². The van der Waals surface area contributed by atoms with Gasteiger partial charge in [-0.1, -0.05) is 0 Å². The first-order valence-electron chi connectivity index (χ1n) is 6.49. The summed E-state index contributed by atoms with van der Waals surface area (Å²) in [7, 11) is 3.45. The van der Waals surface area contributed by atoms with Crippen molar-refractivity contribution in [3.8, 4) is 5.75 Å². The summed E-state index contributed by atoms with van der Waals surface area (Å²) >= 11 is 0. The van der Waals surface area contributed by atoms with Crippen LogP contribution in [0.15, 0.2) is 18.2 Å². The molecule has 0 radical (unpaired) electrons. The zero-order valence-electron chi connectivity index (χ0n) is 11.9. The van der Waals surface area contributed by atoms with Gasteiger partial charge in [0.15, 0.2) is 0 Å². The Morgan fingerprint density at radius 2 is 2.14 bits per heavy atom. The monoisotopic (exact) mass is 291 g/mol. The molecule has 2 aromatic rings. The van der Waals surface area contributed by atoms with Gasteiger partial charge in [-0.15, -0.1) is 0 Å². The molecule has 21 heavy (non-hydrogen) atoms. The Bertz CT molecular complexity index is 678. The number of nitrogens with zero attached hydrogens (tertiary/aromatic N) is 2. The van der Waals surface area contributed by atoms with Crippen LogP contribution in [-0.2, 0) is 23.2 Å². The van der Waals surface area contributed by atoms with Crippen molar-refractivity contribution in [3.63, 3.8) is 0 Å². The molecule has 0 atom stereocenters. The predicted molar refractivity (Wildman–Crippen MR) is 76.0 cm³/mol. The Morgan fingerprint density at radius 3 is 2.81 bits per heavy atom. The lowest BCUT2D eigenvalue weighted by atomic mass is 10.3. The van der Waals surface area contributed by atoms with Crippen LogP contribution in [-0.4, -0.2) is 33.6 Å². The number of ether oxygens (including phenoxy) is 1. The lowest BCUT2D eigenvalue weighted by molar-refractivity contribution is -0.138. The van der Waals surface area contributed by atoms with Crippen LogP contribution >= 0.6 is 0 Å². The zero-order chi connectivity index (χ0) is 15.4. The SMILES string of the molecule is COc1ccc2c(c1)nc(CNC(=O)CCC(=O)O)n2C. The molecule has 112 valence electrons. The molecular weight excluding hydrogens is 274 g/mol. The van der Waals surface area contributed by atoms with Crippen molar-refractivity contribution in [1.29, 1.82) is 0 Å². The highest BCUT2D eigenvalue weighted by Crippen LogP contribution is 2.20. The van der Waals surface area contributed by atoms with Gasteiger partial charge in [0, 0.05) is 19.5 Å². The van der Waals surface area contributed by atoms with E-state index in [0.29, 0.717) is 5.82 Å². The molecule has 1 amide bonds. The van der Waals surface area contributed by atoms with Crippen LogP contribution in [0.25, 0.3) is 11.0 Å². The maximum Gasteiger partial charge on any atom is 0.303 e. The fourth-order valence-corrected chi connectivity index (χ4v) is 2.00. The average molecular weight is 291 g/mol. The summed E-state index contributed by atoms with van der Waals surface area (Å²) in [5, 5.41) is 11.2. The lowest BCUT2D eigenvalue weighted by Gasteiger charge is -2.04. The molecule has 2 N–H and O–H groups in total. The topological polar surface area (TPSA) is 93.4 Å². The van der Waals surface area contributed by atoms with Gasteiger partial charge >= 0.3 is 5.97 Å². The third-order valence-corrected chi connectivity index (χ3v) is 3.19. The van der Waals surface area contributed by atoms with E-state index in [2.05, 4.69) is 10.3 Å². The Hall–Kier alpha value is -2.57. The molecule has 0 bridgehead atoms. The van der Waals surface area contributed by atoms with Crippen molar-refractivity contribution in [3.05, 3.63) is 24.0 Å². The van der Waals surface area contributed by atoms with E-state index in [0.717, 1.165) is 16.8 Å². The number of nitrogens with one attached hydrogen (secondary N) is 1. The highest BCUT2D eigenvalue weighted by atomic mass is 16.5. The number of carboxylic acid groups (broad SMARTS) is 1. The quantitative estimate of drug-likeness (QED) is 0.830. The molecule has 1 heterocycles. The predicted octanol–water partition coefficient (Wildman–Crippen LogP) is 1.06. The Labute approximate surface area is 121 Å². The van der Waals surface area contributed by atoms with Crippen LogP contribution in [0.4, 0.5) is 0 Å². The molecule has 0 unspecified atom stereocenters. The Balaban J connectivity index is 2.06. The number of hydrogen-bond acceptors (Lipinski definition) is 4. The molecule has 0 fully saturated rings. The standard InChI is InChI=1S/C14H17N3O4/c1-17-11-4-3-9(21-2)7-10(11)16-12(17)8-15-13(18)5-6-14(19)20/h3-4,7H,5-6,8H2,1-2H3,(H,15,18)(H,19,20). The second kappa shape index (κ2) is 6.25. The molecule has 0 saturated heterocycles. The summed E-state index contributed by atoms with van der Waals surface area (Å²) in [6.45, 7) is 0.256. The van der Waals surface area contributed by atoms with Gasteiger partial charge in [0.25, 0.3) is 0 Å². The number of carboxylic acids is 1. The molecule has 0 aliphatic heterocycles. The van der Waals surface area contributed by atoms with Crippen molar-refractivity contribution >= 4 is 22.9 Å². The Kier molecular flexibility index (Phi) is 4.42. The van der Waals surface area contributed by atoms with Gasteiger partial charge in [-0.25, -0.2) is 4.98 Å². The van der Waals surface area contributed by atoms with Gasteiger partial charge < -0.3 is 19.7 Å². The van der Waals surface area contributed by atoms with Crippen LogP contribution in [0.3, 0.4) is 0 Å². The van der Waals surface area contributed by atoms with E-state index < -0.39 is 5.97 Å². The van der Waals surface area contributed by atoms with Crippen molar-refractivity contribution in [2.45, 2.75) is 19.4 Å². The molecule has 7 nitrogen and oxygen atoms in total. The van der Waals surface area contributed by atoms with E-state index >= 15 is 0 Å². The fraction of sp³-hybridized carbons (Fsp3) is 0.357. The lowest BCUT2D eigenvalue weighted by Crippen LogP contribution is -2.24. The number of fused-ring (bicyclic) bond motifs is 1. The first-order chi connectivity index (χ1) is 10.0. The molecule has 0 spiro atoms. The van der Waals surface area contributed by atoms with Crippen LogP contribution in [0, 0.1) is 0 Å². The second-order valence-corrected chi connectivity index (χ2v) is 4.61. The molecule has 0 aliphatic rings. The summed E-state index contributed by atoms with van der Waals surface area (Å²) in [4.78, 5) is 26.4. The van der Waals surface area contributed by atoms with Crippen molar-refractivity contribution < 1.29 is 19.4 Å². The molecule has 7 heteroatoms. The summed E-state index contributed by atoms with van der Waals surface area (Å²) < 4.78 is 7.03. The highest BCUT2D eigenvalue weighted by Gasteiger charge is 2.10. The average Bonchev–Trinajstić information content (AvgIpc) is 2.78. The molecule has 0 saturated carbocycles. The number of methoxy groups -OCH3 is 1. The molecule has 1 aromatic carbocycles. The van der Waals surface area contributed by atoms with E-state index in [1.54, 1.807) is 7.11 Å². The van der Waals surface area contributed by atoms with Crippen molar-refractivity contribution in [1.82, 2.24) is 14.9 Å². The molecule has 1 aromatic heterocycles. The largest absolute Gasteiger partial charge is 0.497 e. The minimum Gasteiger partial charge on any atom is -0.497 e. The van der Waals surface area contributed by atoms with Gasteiger partial charge in [-0.3, -0.25) is 9.59 Å². The highest BCUT2D eigenvalue weighted by molar-refractivity contribution is 5.81. The fourth-order valence-electron chi connectivity index (χ4n) is 2.00. The van der Waals surface area contributed by atoms with E-state index in [1.165, 1.54) is 0 Å².